The van der Waals surface area contributed by atoms with Crippen LogP contribution in [0.2, 0.25) is 0 Å². The van der Waals surface area contributed by atoms with Gasteiger partial charge in [-0.2, -0.15) is 0 Å². The lowest BCUT2D eigenvalue weighted by Crippen LogP contribution is -2.45. The zero-order chi connectivity index (χ0) is 19.7. The fourth-order valence-corrected chi connectivity index (χ4v) is 4.51. The number of aryl methyl sites for hydroxylation is 1. The smallest absolute Gasteiger partial charge is 0.293 e. The predicted octanol–water partition coefficient (Wildman–Crippen LogP) is 2.06. The van der Waals surface area contributed by atoms with Crippen LogP contribution in [0.15, 0.2) is 32.7 Å². The summed E-state index contributed by atoms with van der Waals surface area (Å²) in [5, 5.41) is 0.228. The van der Waals surface area contributed by atoms with Crippen LogP contribution in [-0.4, -0.2) is 23.1 Å². The van der Waals surface area contributed by atoms with E-state index >= 15 is 0 Å². The van der Waals surface area contributed by atoms with Crippen molar-refractivity contribution in [1.29, 1.82) is 0 Å². The van der Waals surface area contributed by atoms with Gasteiger partial charge in [-0.05, 0) is 51.8 Å². The number of hydrogen-bond donors (Lipinski definition) is 1. The fraction of sp³-hybridized carbons (Fsp3) is 0.556. The number of benzene rings is 1. The summed E-state index contributed by atoms with van der Waals surface area (Å²) in [6.07, 6.45) is 1.29. The first-order valence-electron chi connectivity index (χ1n) is 8.95. The van der Waals surface area contributed by atoms with Crippen LogP contribution in [0.25, 0.3) is 10.9 Å². The molecule has 7 nitrogen and oxygen atoms in total. The van der Waals surface area contributed by atoms with Crippen molar-refractivity contribution in [2.75, 3.05) is 0 Å². The summed E-state index contributed by atoms with van der Waals surface area (Å²) in [4.78, 5) is 25.1. The quantitative estimate of drug-likeness (QED) is 0.795. The Bertz CT molecular complexity index is 1030. The van der Waals surface area contributed by atoms with Gasteiger partial charge in [-0.25, -0.2) is 17.9 Å². The average Bonchev–Trinajstić information content (AvgIpc) is 2.61. The molecule has 0 unspecified atom stereocenters. The number of aromatic nitrogens is 2. The Morgan fingerprint density at radius 1 is 1.00 bits per heavy atom. The highest BCUT2D eigenvalue weighted by atomic mass is 32.2. The third-order valence-corrected chi connectivity index (χ3v) is 6.72. The lowest BCUT2D eigenvalue weighted by molar-refractivity contribution is 0.389. The number of fused-ring (bicyclic) bond motifs is 1. The number of hydrogen-bond acceptors (Lipinski definition) is 4. The van der Waals surface area contributed by atoms with Crippen molar-refractivity contribution < 1.29 is 8.42 Å². The first-order chi connectivity index (χ1) is 12.1. The maximum atomic E-state index is 12.8. The summed E-state index contributed by atoms with van der Waals surface area (Å²) in [6.45, 7) is 9.84. The van der Waals surface area contributed by atoms with E-state index in [-0.39, 0.29) is 22.5 Å². The van der Waals surface area contributed by atoms with E-state index in [1.54, 1.807) is 6.92 Å². The molecule has 1 aromatic heterocycles. The van der Waals surface area contributed by atoms with E-state index in [1.807, 2.05) is 27.7 Å². The minimum absolute atomic E-state index is 0.0270. The fourth-order valence-electron chi connectivity index (χ4n) is 2.93. The molecule has 1 N–H and O–H groups in total. The van der Waals surface area contributed by atoms with E-state index in [9.17, 15) is 18.0 Å². The summed E-state index contributed by atoms with van der Waals surface area (Å²) in [5.41, 5.74) is -0.965. The lowest BCUT2D eigenvalue weighted by atomic mass is 9.98. The monoisotopic (exact) mass is 381 g/mol. The van der Waals surface area contributed by atoms with E-state index < -0.39 is 21.1 Å². The van der Waals surface area contributed by atoms with E-state index in [1.165, 1.54) is 22.8 Å². The van der Waals surface area contributed by atoms with Gasteiger partial charge < -0.3 is 0 Å². The molecule has 0 radical (unpaired) electrons. The van der Waals surface area contributed by atoms with Crippen LogP contribution in [0.1, 0.15) is 47.5 Å². The standard InChI is InChI=1S/C18H27N3O4S/c1-6-18(5,7-2)19-26(24,25)13-10-11-15-14(12-13)16(22)21(9-4)17(23)20(15)8-3/h10-12,19H,6-9H2,1-5H3. The number of nitrogens with zero attached hydrogens (tertiary/aromatic N) is 2. The molecule has 0 bridgehead atoms. The van der Waals surface area contributed by atoms with Crippen molar-refractivity contribution in [1.82, 2.24) is 13.9 Å². The second-order valence-corrected chi connectivity index (χ2v) is 8.31. The van der Waals surface area contributed by atoms with Gasteiger partial charge in [-0.1, -0.05) is 13.8 Å². The summed E-state index contributed by atoms with van der Waals surface area (Å²) in [7, 11) is -3.79. The number of sulfonamides is 1. The highest BCUT2D eigenvalue weighted by Gasteiger charge is 2.28. The minimum atomic E-state index is -3.79. The number of nitrogens with one attached hydrogen (secondary N) is 1. The zero-order valence-electron chi connectivity index (χ0n) is 16.0. The van der Waals surface area contributed by atoms with Gasteiger partial charge >= 0.3 is 5.69 Å². The highest BCUT2D eigenvalue weighted by Crippen LogP contribution is 2.21. The molecular weight excluding hydrogens is 354 g/mol. The SMILES string of the molecule is CCn1c(=O)c2cc(S(=O)(=O)NC(C)(CC)CC)ccc2n(CC)c1=O. The molecule has 0 saturated carbocycles. The van der Waals surface area contributed by atoms with Crippen LogP contribution < -0.4 is 16.0 Å². The molecule has 144 valence electrons. The zero-order valence-corrected chi connectivity index (χ0v) is 16.8. The van der Waals surface area contributed by atoms with Gasteiger partial charge in [0.05, 0.1) is 15.8 Å². The van der Waals surface area contributed by atoms with Crippen molar-refractivity contribution in [3.05, 3.63) is 39.0 Å². The maximum absolute atomic E-state index is 12.8. The van der Waals surface area contributed by atoms with E-state index in [0.29, 0.717) is 24.9 Å². The van der Waals surface area contributed by atoms with Crippen molar-refractivity contribution >= 4 is 20.9 Å². The maximum Gasteiger partial charge on any atom is 0.331 e. The van der Waals surface area contributed by atoms with Crippen molar-refractivity contribution in [3.63, 3.8) is 0 Å². The van der Waals surface area contributed by atoms with Crippen molar-refractivity contribution in [2.24, 2.45) is 0 Å². The molecule has 0 spiro atoms. The van der Waals surface area contributed by atoms with Crippen LogP contribution in [0.4, 0.5) is 0 Å². The Morgan fingerprint density at radius 2 is 1.58 bits per heavy atom. The van der Waals surface area contributed by atoms with E-state index in [4.69, 9.17) is 0 Å². The van der Waals surface area contributed by atoms with Gasteiger partial charge in [-0.3, -0.25) is 13.9 Å². The Balaban J connectivity index is 2.73. The molecule has 1 heterocycles. The number of rotatable bonds is 7. The Hall–Kier alpha value is -1.93. The average molecular weight is 381 g/mol. The second kappa shape index (κ2) is 7.36. The molecule has 0 aliphatic heterocycles. The van der Waals surface area contributed by atoms with Crippen molar-refractivity contribution in [2.45, 2.75) is 71.0 Å². The van der Waals surface area contributed by atoms with Gasteiger partial charge in [-0.15, -0.1) is 0 Å². The second-order valence-electron chi connectivity index (χ2n) is 6.63. The molecule has 26 heavy (non-hydrogen) atoms. The van der Waals surface area contributed by atoms with Crippen LogP contribution >= 0.6 is 0 Å². The van der Waals surface area contributed by atoms with Gasteiger partial charge in [0.1, 0.15) is 0 Å². The first-order valence-corrected chi connectivity index (χ1v) is 10.4. The van der Waals surface area contributed by atoms with Gasteiger partial charge in [0.2, 0.25) is 10.0 Å². The highest BCUT2D eigenvalue weighted by molar-refractivity contribution is 7.89. The summed E-state index contributed by atoms with van der Waals surface area (Å²) >= 11 is 0. The molecule has 0 fully saturated rings. The Morgan fingerprint density at radius 3 is 2.08 bits per heavy atom. The normalized spacial score (nSPS) is 12.7. The summed E-state index contributed by atoms with van der Waals surface area (Å²) in [6, 6.07) is 4.34. The van der Waals surface area contributed by atoms with Crippen LogP contribution in [-0.2, 0) is 23.1 Å². The van der Waals surface area contributed by atoms with E-state index in [0.717, 1.165) is 4.57 Å². The first kappa shape index (κ1) is 20.4. The molecule has 8 heteroatoms. The largest absolute Gasteiger partial charge is 0.331 e. The summed E-state index contributed by atoms with van der Waals surface area (Å²) in [5.74, 6) is 0. The van der Waals surface area contributed by atoms with Crippen LogP contribution in [0, 0.1) is 0 Å². The molecule has 1 aromatic carbocycles. The molecule has 0 atom stereocenters. The lowest BCUT2D eigenvalue weighted by Gasteiger charge is -2.27. The van der Waals surface area contributed by atoms with Gasteiger partial charge in [0.15, 0.2) is 0 Å². The van der Waals surface area contributed by atoms with Gasteiger partial charge in [0.25, 0.3) is 5.56 Å². The third kappa shape index (κ3) is 3.48. The molecular formula is C18H27N3O4S. The van der Waals surface area contributed by atoms with Crippen LogP contribution in [0.3, 0.4) is 0 Å². The third-order valence-electron chi connectivity index (χ3n) is 5.08. The molecule has 0 aliphatic rings. The predicted molar refractivity (Wildman–Crippen MR) is 103 cm³/mol. The topological polar surface area (TPSA) is 90.2 Å². The van der Waals surface area contributed by atoms with E-state index in [2.05, 4.69) is 4.72 Å². The molecule has 2 rings (SSSR count). The Kier molecular flexibility index (Phi) is 5.77. The molecule has 0 saturated heterocycles. The van der Waals surface area contributed by atoms with Crippen LogP contribution in [0.5, 0.6) is 0 Å². The molecule has 0 amide bonds. The van der Waals surface area contributed by atoms with Gasteiger partial charge in [0, 0.05) is 18.6 Å². The minimum Gasteiger partial charge on any atom is -0.293 e. The Labute approximate surface area is 153 Å². The molecule has 2 aromatic rings. The van der Waals surface area contributed by atoms with Crippen molar-refractivity contribution in [3.8, 4) is 0 Å². The molecule has 0 aliphatic carbocycles. The summed E-state index contributed by atoms with van der Waals surface area (Å²) < 4.78 is 31.0.